The monoisotopic (exact) mass is 465 g/mol. The Morgan fingerprint density at radius 3 is 2.44 bits per heavy atom. The van der Waals surface area contributed by atoms with Crippen LogP contribution in [0.15, 0.2) is 72.8 Å². The lowest BCUT2D eigenvalue weighted by molar-refractivity contribution is -0.139. The van der Waals surface area contributed by atoms with Crippen LogP contribution in [0.25, 0.3) is 21.7 Å². The molecule has 0 atom stereocenters. The number of carbonyl (C=O) groups is 1. The van der Waals surface area contributed by atoms with Crippen LogP contribution in [0.2, 0.25) is 5.02 Å². The minimum atomic E-state index is -1.01. The molecule has 0 saturated carbocycles. The summed E-state index contributed by atoms with van der Waals surface area (Å²) in [4.78, 5) is 16.6. The largest absolute Gasteiger partial charge is 0.486 e. The maximum absolute atomic E-state index is 10.7. The van der Waals surface area contributed by atoms with E-state index in [4.69, 9.17) is 31.2 Å². The van der Waals surface area contributed by atoms with Crippen LogP contribution in [0.5, 0.6) is 11.5 Å². The van der Waals surface area contributed by atoms with Crippen molar-refractivity contribution in [2.75, 3.05) is 6.61 Å². The Labute approximate surface area is 194 Å². The van der Waals surface area contributed by atoms with Gasteiger partial charge in [0.15, 0.2) is 6.61 Å². The van der Waals surface area contributed by atoms with Gasteiger partial charge in [-0.05, 0) is 48.4 Å². The van der Waals surface area contributed by atoms with E-state index in [0.717, 1.165) is 32.3 Å². The van der Waals surface area contributed by atoms with Gasteiger partial charge in [-0.2, -0.15) is 0 Å². The first-order chi connectivity index (χ1) is 15.5. The van der Waals surface area contributed by atoms with Gasteiger partial charge in [0.05, 0.1) is 10.6 Å². The average Bonchev–Trinajstić information content (AvgIpc) is 3.22. The first-order valence-corrected chi connectivity index (χ1v) is 11.1. The molecule has 5 nitrogen and oxygen atoms in total. The summed E-state index contributed by atoms with van der Waals surface area (Å²) < 4.78 is 11.2. The van der Waals surface area contributed by atoms with Crippen molar-refractivity contribution < 1.29 is 19.4 Å². The third kappa shape index (κ3) is 5.28. The zero-order chi connectivity index (χ0) is 22.5. The summed E-state index contributed by atoms with van der Waals surface area (Å²) in [6, 6.07) is 23.1. The Kier molecular flexibility index (Phi) is 6.73. The number of aliphatic carboxylic acids is 1. The Balaban J connectivity index is 1.56. The number of carboxylic acid groups (broad SMARTS) is 1. The Morgan fingerprint density at radius 2 is 1.75 bits per heavy atom. The highest BCUT2D eigenvalue weighted by Gasteiger charge is 2.15. The summed E-state index contributed by atoms with van der Waals surface area (Å²) in [5, 5.41) is 10.3. The molecule has 4 aromatic rings. The maximum atomic E-state index is 10.7. The van der Waals surface area contributed by atoms with Crippen LogP contribution in [0, 0.1) is 6.92 Å². The second kappa shape index (κ2) is 9.85. The number of hydrogen-bond donors (Lipinski definition) is 1. The molecule has 0 radical (unpaired) electrons. The molecule has 0 aliphatic rings. The first-order valence-electron chi connectivity index (χ1n) is 9.88. The van der Waals surface area contributed by atoms with Gasteiger partial charge in [-0.1, -0.05) is 54.1 Å². The van der Waals surface area contributed by atoms with E-state index < -0.39 is 5.97 Å². The van der Waals surface area contributed by atoms with Crippen molar-refractivity contribution in [2.45, 2.75) is 13.5 Å². The fourth-order valence-corrected chi connectivity index (χ4v) is 4.30. The van der Waals surface area contributed by atoms with Crippen molar-refractivity contribution in [1.29, 1.82) is 0 Å². The summed E-state index contributed by atoms with van der Waals surface area (Å²) in [5.74, 6) is 0.166. The number of aryl methyl sites for hydroxylation is 1. The molecule has 0 spiro atoms. The summed E-state index contributed by atoms with van der Waals surface area (Å²) in [6.45, 7) is 1.78. The molecule has 4 rings (SSSR count). The normalized spacial score (nSPS) is 10.7. The summed E-state index contributed by atoms with van der Waals surface area (Å²) in [5.41, 5.74) is 3.79. The SMILES string of the molecule is Cc1cc(OCc2nc(-c3ccccc3)c(-c3ccc(Cl)cc3)s2)ccc1OCC(=O)O. The highest BCUT2D eigenvalue weighted by Crippen LogP contribution is 2.37. The number of ether oxygens (including phenoxy) is 2. The zero-order valence-corrected chi connectivity index (χ0v) is 18.8. The molecule has 0 bridgehead atoms. The first kappa shape index (κ1) is 21.9. The van der Waals surface area contributed by atoms with Gasteiger partial charge >= 0.3 is 5.97 Å². The molecule has 1 aromatic heterocycles. The van der Waals surface area contributed by atoms with E-state index >= 15 is 0 Å². The van der Waals surface area contributed by atoms with Crippen LogP contribution in [0.1, 0.15) is 10.6 Å². The van der Waals surface area contributed by atoms with Crippen LogP contribution in [0.4, 0.5) is 0 Å². The molecule has 7 heteroatoms. The van der Waals surface area contributed by atoms with Gasteiger partial charge < -0.3 is 14.6 Å². The summed E-state index contributed by atoms with van der Waals surface area (Å²) in [7, 11) is 0. The lowest BCUT2D eigenvalue weighted by atomic mass is 10.1. The van der Waals surface area contributed by atoms with Gasteiger partial charge in [-0.15, -0.1) is 11.3 Å². The third-order valence-corrected chi connectivity index (χ3v) is 6.01. The molecule has 0 unspecified atom stereocenters. The molecule has 0 fully saturated rings. The Morgan fingerprint density at radius 1 is 1.00 bits per heavy atom. The highest BCUT2D eigenvalue weighted by atomic mass is 35.5. The average molecular weight is 466 g/mol. The highest BCUT2D eigenvalue weighted by molar-refractivity contribution is 7.15. The van der Waals surface area contributed by atoms with E-state index in [1.807, 2.05) is 67.6 Å². The van der Waals surface area contributed by atoms with Crippen molar-refractivity contribution >= 4 is 28.9 Å². The van der Waals surface area contributed by atoms with Crippen LogP contribution in [-0.4, -0.2) is 22.7 Å². The van der Waals surface area contributed by atoms with E-state index in [1.54, 1.807) is 23.5 Å². The fourth-order valence-electron chi connectivity index (χ4n) is 3.17. The lowest BCUT2D eigenvalue weighted by Gasteiger charge is -2.09. The number of halogens is 1. The molecule has 0 aliphatic carbocycles. The maximum Gasteiger partial charge on any atom is 0.341 e. The molecule has 1 heterocycles. The quantitative estimate of drug-likeness (QED) is 0.322. The molecule has 0 saturated heterocycles. The van der Waals surface area contributed by atoms with E-state index in [1.165, 1.54) is 0 Å². The van der Waals surface area contributed by atoms with Crippen LogP contribution < -0.4 is 9.47 Å². The number of rotatable bonds is 8. The molecule has 32 heavy (non-hydrogen) atoms. The summed E-state index contributed by atoms with van der Waals surface area (Å²) in [6.07, 6.45) is 0. The second-order valence-electron chi connectivity index (χ2n) is 7.06. The van der Waals surface area contributed by atoms with Gasteiger partial charge in [0.2, 0.25) is 0 Å². The molecule has 0 aliphatic heterocycles. The molecule has 0 amide bonds. The van der Waals surface area contributed by atoms with Gasteiger partial charge in [-0.3, -0.25) is 0 Å². The van der Waals surface area contributed by atoms with Crippen molar-refractivity contribution in [3.05, 3.63) is 88.4 Å². The van der Waals surface area contributed by atoms with Crippen molar-refractivity contribution in [2.24, 2.45) is 0 Å². The minimum absolute atomic E-state index is 0.312. The minimum Gasteiger partial charge on any atom is -0.486 e. The molecule has 162 valence electrons. The third-order valence-electron chi connectivity index (χ3n) is 4.68. The van der Waals surface area contributed by atoms with E-state index in [-0.39, 0.29) is 6.61 Å². The van der Waals surface area contributed by atoms with Crippen LogP contribution in [0.3, 0.4) is 0 Å². The standard InChI is InChI=1S/C25H20ClNO4S/c1-16-13-20(11-12-21(16)31-15-23(28)29)30-14-22-27-24(17-5-3-2-4-6-17)25(32-22)18-7-9-19(26)10-8-18/h2-13H,14-15H2,1H3,(H,28,29). The molecular formula is C25H20ClNO4S. The topological polar surface area (TPSA) is 68.7 Å². The van der Waals surface area contributed by atoms with Gasteiger partial charge in [0, 0.05) is 10.6 Å². The van der Waals surface area contributed by atoms with Gasteiger partial charge in [0.25, 0.3) is 0 Å². The molecule has 1 N–H and O–H groups in total. The van der Waals surface area contributed by atoms with Crippen molar-refractivity contribution in [1.82, 2.24) is 4.98 Å². The lowest BCUT2D eigenvalue weighted by Crippen LogP contribution is -2.10. The van der Waals surface area contributed by atoms with E-state index in [0.29, 0.717) is 23.1 Å². The number of aromatic nitrogens is 1. The van der Waals surface area contributed by atoms with Crippen molar-refractivity contribution in [3.8, 4) is 33.2 Å². The van der Waals surface area contributed by atoms with Gasteiger partial charge in [0.1, 0.15) is 23.1 Å². The summed E-state index contributed by atoms with van der Waals surface area (Å²) >= 11 is 7.65. The number of benzene rings is 3. The van der Waals surface area contributed by atoms with E-state index in [9.17, 15) is 4.79 Å². The molecule has 3 aromatic carbocycles. The number of nitrogens with zero attached hydrogens (tertiary/aromatic N) is 1. The Bertz CT molecular complexity index is 1220. The zero-order valence-electron chi connectivity index (χ0n) is 17.2. The number of thiazole rings is 1. The second-order valence-corrected chi connectivity index (χ2v) is 8.58. The predicted octanol–water partition coefficient (Wildman–Crippen LogP) is 6.48. The number of hydrogen-bond acceptors (Lipinski definition) is 5. The molecular weight excluding hydrogens is 446 g/mol. The fraction of sp³-hybridized carbons (Fsp3) is 0.120. The number of carboxylic acids is 1. The van der Waals surface area contributed by atoms with Crippen LogP contribution in [-0.2, 0) is 11.4 Å². The van der Waals surface area contributed by atoms with Crippen molar-refractivity contribution in [3.63, 3.8) is 0 Å². The predicted molar refractivity (Wildman–Crippen MR) is 127 cm³/mol. The van der Waals surface area contributed by atoms with Gasteiger partial charge in [-0.25, -0.2) is 9.78 Å². The smallest absolute Gasteiger partial charge is 0.341 e. The Hall–Kier alpha value is -3.35. The van der Waals surface area contributed by atoms with Crippen LogP contribution >= 0.6 is 22.9 Å². The van der Waals surface area contributed by atoms with E-state index in [2.05, 4.69) is 0 Å².